The maximum Gasteiger partial charge on any atom is 0.330 e. The Hall–Kier alpha value is -1.87. The summed E-state index contributed by atoms with van der Waals surface area (Å²) in [6, 6.07) is 5.67. The van der Waals surface area contributed by atoms with Crippen LogP contribution in [0.15, 0.2) is 30.3 Å². The van der Waals surface area contributed by atoms with E-state index in [1.165, 1.54) is 36.4 Å². The van der Waals surface area contributed by atoms with Crippen LogP contribution in [0, 0.1) is 0 Å². The van der Waals surface area contributed by atoms with Crippen LogP contribution in [0.2, 0.25) is 0 Å². The third-order valence-electron chi connectivity index (χ3n) is 2.40. The van der Waals surface area contributed by atoms with E-state index >= 15 is 0 Å². The molecule has 1 rings (SSSR count). The van der Waals surface area contributed by atoms with Crippen molar-refractivity contribution in [2.75, 3.05) is 22.8 Å². The number of rotatable bonds is 6. The van der Waals surface area contributed by atoms with Crippen LogP contribution in [0.1, 0.15) is 12.5 Å². The standard InChI is InChI=1S/C13H17NO6S2/c1-4-20-13(15)10-7-11-5-8-12(9-6-11)14(21(2,16)17)22(3,18)19/h5-10H,4H2,1-3H3. The van der Waals surface area contributed by atoms with Gasteiger partial charge >= 0.3 is 5.97 Å². The summed E-state index contributed by atoms with van der Waals surface area (Å²) in [6.07, 6.45) is 4.32. The molecule has 0 N–H and O–H groups in total. The number of hydrogen-bond donors (Lipinski definition) is 0. The van der Waals surface area contributed by atoms with E-state index in [0.717, 1.165) is 12.5 Å². The molecule has 1 aromatic carbocycles. The van der Waals surface area contributed by atoms with Gasteiger partial charge < -0.3 is 4.74 Å². The number of hydrogen-bond acceptors (Lipinski definition) is 6. The molecule has 0 fully saturated rings. The second-order valence-electron chi connectivity index (χ2n) is 4.40. The van der Waals surface area contributed by atoms with Crippen molar-refractivity contribution in [3.05, 3.63) is 35.9 Å². The first-order chi connectivity index (χ1) is 10.1. The first-order valence-electron chi connectivity index (χ1n) is 6.21. The van der Waals surface area contributed by atoms with Gasteiger partial charge in [0.05, 0.1) is 24.8 Å². The lowest BCUT2D eigenvalue weighted by atomic mass is 10.2. The Morgan fingerprint density at radius 2 is 1.59 bits per heavy atom. The van der Waals surface area contributed by atoms with Crippen LogP contribution >= 0.6 is 0 Å². The van der Waals surface area contributed by atoms with Gasteiger partial charge in [0, 0.05) is 6.08 Å². The van der Waals surface area contributed by atoms with E-state index in [2.05, 4.69) is 0 Å². The molecule has 0 saturated heterocycles. The lowest BCUT2D eigenvalue weighted by Crippen LogP contribution is -2.35. The van der Waals surface area contributed by atoms with Crippen LogP contribution < -0.4 is 3.71 Å². The molecule has 0 aromatic heterocycles. The van der Waals surface area contributed by atoms with Gasteiger partial charge in [-0.15, -0.1) is 0 Å². The number of carbonyl (C=O) groups is 1. The van der Waals surface area contributed by atoms with Crippen molar-refractivity contribution in [2.24, 2.45) is 0 Å². The maximum absolute atomic E-state index is 11.6. The Kier molecular flexibility index (Phi) is 5.72. The first-order valence-corrected chi connectivity index (χ1v) is 9.90. The molecule has 122 valence electrons. The molecule has 0 aliphatic heterocycles. The Morgan fingerprint density at radius 3 is 2.00 bits per heavy atom. The van der Waals surface area contributed by atoms with Gasteiger partial charge in [-0.1, -0.05) is 12.1 Å². The van der Waals surface area contributed by atoms with Gasteiger partial charge in [0.15, 0.2) is 0 Å². The van der Waals surface area contributed by atoms with Crippen molar-refractivity contribution >= 4 is 37.8 Å². The average molecular weight is 347 g/mol. The van der Waals surface area contributed by atoms with Gasteiger partial charge in [0.1, 0.15) is 0 Å². The predicted octanol–water partition coefficient (Wildman–Crippen LogP) is 0.988. The summed E-state index contributed by atoms with van der Waals surface area (Å²) in [6.45, 7) is 1.95. The normalized spacial score (nSPS) is 12.3. The van der Waals surface area contributed by atoms with Crippen molar-refractivity contribution in [1.29, 1.82) is 0 Å². The fourth-order valence-corrected chi connectivity index (χ4v) is 4.67. The number of sulfonamides is 2. The fourth-order valence-electron chi connectivity index (χ4n) is 1.69. The molecule has 0 saturated carbocycles. The second-order valence-corrected chi connectivity index (χ2v) is 8.29. The molecule has 9 heteroatoms. The van der Waals surface area contributed by atoms with E-state index in [9.17, 15) is 21.6 Å². The van der Waals surface area contributed by atoms with Crippen LogP contribution in [0.25, 0.3) is 6.08 Å². The van der Waals surface area contributed by atoms with Gasteiger partial charge in [-0.2, -0.15) is 3.71 Å². The summed E-state index contributed by atoms with van der Waals surface area (Å²) in [4.78, 5) is 11.2. The zero-order valence-corrected chi connectivity index (χ0v) is 14.0. The molecular weight excluding hydrogens is 330 g/mol. The number of nitrogens with zero attached hydrogens (tertiary/aromatic N) is 1. The lowest BCUT2D eigenvalue weighted by Gasteiger charge is -2.19. The zero-order valence-electron chi connectivity index (χ0n) is 12.4. The van der Waals surface area contributed by atoms with Gasteiger partial charge in [0.25, 0.3) is 0 Å². The van der Waals surface area contributed by atoms with Crippen LogP contribution in [0.3, 0.4) is 0 Å². The highest BCUT2D eigenvalue weighted by Crippen LogP contribution is 2.21. The molecular formula is C13H17NO6S2. The second kappa shape index (κ2) is 6.93. The van der Waals surface area contributed by atoms with E-state index in [-0.39, 0.29) is 12.3 Å². The third kappa shape index (κ3) is 5.15. The molecule has 22 heavy (non-hydrogen) atoms. The Bertz CT molecular complexity index is 731. The van der Waals surface area contributed by atoms with Crippen molar-refractivity contribution in [3.63, 3.8) is 0 Å². The van der Waals surface area contributed by atoms with Gasteiger partial charge in [0.2, 0.25) is 20.0 Å². The van der Waals surface area contributed by atoms with E-state index in [4.69, 9.17) is 4.74 Å². The van der Waals surface area contributed by atoms with Crippen molar-refractivity contribution in [3.8, 4) is 0 Å². The van der Waals surface area contributed by atoms with Crippen molar-refractivity contribution < 1.29 is 26.4 Å². The number of benzene rings is 1. The molecule has 7 nitrogen and oxygen atoms in total. The molecule has 0 heterocycles. The Labute approximate surface area is 130 Å². The summed E-state index contributed by atoms with van der Waals surface area (Å²) in [5.74, 6) is -0.500. The van der Waals surface area contributed by atoms with Crippen molar-refractivity contribution in [1.82, 2.24) is 0 Å². The SMILES string of the molecule is CCOC(=O)C=Cc1ccc(N(S(C)(=O)=O)S(C)(=O)=O)cc1. The molecule has 0 unspecified atom stereocenters. The van der Waals surface area contributed by atoms with Crippen molar-refractivity contribution in [2.45, 2.75) is 6.92 Å². The summed E-state index contributed by atoms with van der Waals surface area (Å²) in [7, 11) is -7.94. The zero-order chi connectivity index (χ0) is 17.0. The number of ether oxygens (including phenoxy) is 1. The summed E-state index contributed by atoms with van der Waals surface area (Å²) >= 11 is 0. The molecule has 0 bridgehead atoms. The number of esters is 1. The number of carbonyl (C=O) groups excluding carboxylic acids is 1. The van der Waals surface area contributed by atoms with Crippen LogP contribution in [-0.2, 0) is 29.6 Å². The van der Waals surface area contributed by atoms with Gasteiger partial charge in [-0.3, -0.25) is 0 Å². The Morgan fingerprint density at radius 1 is 1.09 bits per heavy atom. The van der Waals surface area contributed by atoms with E-state index in [0.29, 0.717) is 9.27 Å². The highest BCUT2D eigenvalue weighted by molar-refractivity contribution is 8.09. The summed E-state index contributed by atoms with van der Waals surface area (Å²) < 4.78 is 51.6. The predicted molar refractivity (Wildman–Crippen MR) is 84.3 cm³/mol. The molecule has 0 spiro atoms. The van der Waals surface area contributed by atoms with E-state index in [1.807, 2.05) is 0 Å². The highest BCUT2D eigenvalue weighted by Gasteiger charge is 2.26. The largest absolute Gasteiger partial charge is 0.463 e. The minimum Gasteiger partial charge on any atom is -0.463 e. The molecule has 1 aromatic rings. The monoisotopic (exact) mass is 347 g/mol. The first kappa shape index (κ1) is 18.2. The van der Waals surface area contributed by atoms with Crippen LogP contribution in [0.4, 0.5) is 5.69 Å². The smallest absolute Gasteiger partial charge is 0.330 e. The van der Waals surface area contributed by atoms with Crippen LogP contribution in [0.5, 0.6) is 0 Å². The van der Waals surface area contributed by atoms with E-state index in [1.54, 1.807) is 6.92 Å². The topological polar surface area (TPSA) is 97.8 Å². The minimum atomic E-state index is -3.97. The molecule has 0 radical (unpaired) electrons. The summed E-state index contributed by atoms with van der Waals surface area (Å²) in [5.41, 5.74) is 0.594. The fraction of sp³-hybridized carbons (Fsp3) is 0.308. The van der Waals surface area contributed by atoms with Gasteiger partial charge in [-0.25, -0.2) is 21.6 Å². The lowest BCUT2D eigenvalue weighted by molar-refractivity contribution is -0.137. The quantitative estimate of drug-likeness (QED) is 0.562. The average Bonchev–Trinajstić information content (AvgIpc) is 2.35. The number of anilines is 1. The van der Waals surface area contributed by atoms with Crippen LogP contribution in [-0.4, -0.2) is 41.9 Å². The summed E-state index contributed by atoms with van der Waals surface area (Å²) in [5, 5.41) is 0. The highest BCUT2D eigenvalue weighted by atomic mass is 32.3. The van der Waals surface area contributed by atoms with Gasteiger partial charge in [-0.05, 0) is 30.7 Å². The molecule has 0 aliphatic rings. The Balaban J connectivity index is 3.08. The molecule has 0 atom stereocenters. The maximum atomic E-state index is 11.6. The molecule has 0 amide bonds. The molecule has 0 aliphatic carbocycles. The third-order valence-corrected chi connectivity index (χ3v) is 5.66. The minimum absolute atomic E-state index is 0.00159. The van der Waals surface area contributed by atoms with E-state index < -0.39 is 26.0 Å².